The van der Waals surface area contributed by atoms with Gasteiger partial charge in [-0.05, 0) is 37.3 Å². The Hall–Kier alpha value is -2.08. The second-order valence-corrected chi connectivity index (χ2v) is 4.16. The van der Waals surface area contributed by atoms with Crippen LogP contribution in [0.25, 0.3) is 0 Å². The fraction of sp³-hybridized carbons (Fsp3) is 0.286. The van der Waals surface area contributed by atoms with Crippen LogP contribution in [0.15, 0.2) is 30.9 Å². The molecule has 0 aliphatic heterocycles. The van der Waals surface area contributed by atoms with Gasteiger partial charge >= 0.3 is 0 Å². The molecule has 0 spiro atoms. The molecule has 1 rings (SSSR count). The first kappa shape index (κ1) is 16.0. The van der Waals surface area contributed by atoms with Crippen LogP contribution in [0.5, 0.6) is 11.5 Å². The number of hydrogen-bond donors (Lipinski definition) is 3. The maximum Gasteiger partial charge on any atom is 0.224 e. The number of nitrogens with one attached hydrogen (secondary N) is 3. The minimum absolute atomic E-state index is 0.499. The molecule has 5 nitrogen and oxygen atoms in total. The predicted molar refractivity (Wildman–Crippen MR) is 84.2 cm³/mol. The Kier molecular flexibility index (Phi) is 7.13. The maximum absolute atomic E-state index is 5.45. The molecule has 0 bridgehead atoms. The van der Waals surface area contributed by atoms with E-state index in [2.05, 4.69) is 22.4 Å². The third kappa shape index (κ3) is 5.27. The molecular formula is C14H20N3O2S+. The molecule has 0 heterocycles. The van der Waals surface area contributed by atoms with E-state index in [0.29, 0.717) is 24.0 Å². The zero-order valence-corrected chi connectivity index (χ0v) is 12.5. The molecule has 0 saturated heterocycles. The number of ether oxygens (including phenoxy) is 2. The molecule has 1 aromatic carbocycles. The number of hydrazone groups is 1. The van der Waals surface area contributed by atoms with E-state index in [1.165, 1.54) is 0 Å². The third-order valence-electron chi connectivity index (χ3n) is 2.32. The second kappa shape index (κ2) is 8.92. The van der Waals surface area contributed by atoms with E-state index in [9.17, 15) is 0 Å². The highest BCUT2D eigenvalue weighted by molar-refractivity contribution is 7.80. The summed E-state index contributed by atoms with van der Waals surface area (Å²) in [5.74, 6) is 1.41. The van der Waals surface area contributed by atoms with Crippen molar-refractivity contribution < 1.29 is 14.6 Å². The van der Waals surface area contributed by atoms with Crippen molar-refractivity contribution in [3.05, 3.63) is 36.4 Å². The molecule has 6 heteroatoms. The van der Waals surface area contributed by atoms with Crippen molar-refractivity contribution in [1.82, 2.24) is 10.7 Å². The fourth-order valence-corrected chi connectivity index (χ4v) is 1.58. The van der Waals surface area contributed by atoms with Crippen LogP contribution in [-0.2, 0) is 0 Å². The lowest BCUT2D eigenvalue weighted by Gasteiger charge is -2.08. The standard InChI is InChI=1S/C14H19N3O2S/c1-4-8-15-14(20)17-16-10-11-6-7-12(19-5-2)13(9-11)18-3/h4,6-7,9-10H,1,5,8H2,2-3H3,(H2,15,17,20)/p+1. The van der Waals surface area contributed by atoms with E-state index >= 15 is 0 Å². The van der Waals surface area contributed by atoms with Crippen LogP contribution in [0.1, 0.15) is 12.5 Å². The highest BCUT2D eigenvalue weighted by atomic mass is 32.1. The first-order valence-electron chi connectivity index (χ1n) is 6.25. The SMILES string of the molecule is C=CCNC(=S)N[NH+]=Cc1ccc(OCC)c(OC)c1. The van der Waals surface area contributed by atoms with Gasteiger partial charge in [-0.25, -0.2) is 0 Å². The van der Waals surface area contributed by atoms with Gasteiger partial charge in [-0.2, -0.15) is 0 Å². The third-order valence-corrected chi connectivity index (χ3v) is 2.57. The van der Waals surface area contributed by atoms with Gasteiger partial charge in [-0.3, -0.25) is 0 Å². The average Bonchev–Trinajstić information content (AvgIpc) is 2.46. The summed E-state index contributed by atoms with van der Waals surface area (Å²) in [7, 11) is 1.61. The monoisotopic (exact) mass is 294 g/mol. The van der Waals surface area contributed by atoms with E-state index in [1.54, 1.807) is 19.4 Å². The molecule has 0 radical (unpaired) electrons. The first-order valence-corrected chi connectivity index (χ1v) is 6.66. The summed E-state index contributed by atoms with van der Waals surface area (Å²) in [6.45, 7) is 6.75. The number of hydrazine groups is 1. The molecule has 0 saturated carbocycles. The van der Waals surface area contributed by atoms with Gasteiger partial charge in [0, 0.05) is 12.1 Å². The molecule has 0 fully saturated rings. The Morgan fingerprint density at radius 1 is 1.45 bits per heavy atom. The molecular weight excluding hydrogens is 274 g/mol. The zero-order chi connectivity index (χ0) is 14.8. The van der Waals surface area contributed by atoms with Crippen LogP contribution in [0, 0.1) is 0 Å². The summed E-state index contributed by atoms with van der Waals surface area (Å²) in [6, 6.07) is 5.66. The molecule has 108 valence electrons. The van der Waals surface area contributed by atoms with E-state index in [0.717, 1.165) is 11.3 Å². The summed E-state index contributed by atoms with van der Waals surface area (Å²) in [5.41, 5.74) is 3.77. The van der Waals surface area contributed by atoms with Crippen LogP contribution in [-0.4, -0.2) is 31.6 Å². The van der Waals surface area contributed by atoms with Gasteiger partial charge in [-0.15, -0.1) is 17.1 Å². The molecule has 0 aliphatic rings. The first-order chi connectivity index (χ1) is 9.71. The van der Waals surface area contributed by atoms with Gasteiger partial charge in [-0.1, -0.05) is 6.08 Å². The predicted octanol–water partition coefficient (Wildman–Crippen LogP) is 0.159. The number of methoxy groups -OCH3 is 1. The molecule has 0 atom stereocenters. The summed E-state index contributed by atoms with van der Waals surface area (Å²) in [4.78, 5) is 0. The fourth-order valence-electron chi connectivity index (χ4n) is 1.44. The van der Waals surface area contributed by atoms with Gasteiger partial charge in [0.1, 0.15) is 0 Å². The highest BCUT2D eigenvalue weighted by Crippen LogP contribution is 2.27. The van der Waals surface area contributed by atoms with Crippen LogP contribution in [0.3, 0.4) is 0 Å². The van der Waals surface area contributed by atoms with E-state index < -0.39 is 0 Å². The largest absolute Gasteiger partial charge is 0.493 e. The van der Waals surface area contributed by atoms with E-state index in [-0.39, 0.29) is 0 Å². The maximum atomic E-state index is 5.45. The summed E-state index contributed by atoms with van der Waals surface area (Å²) >= 11 is 5.04. The average molecular weight is 294 g/mol. The van der Waals surface area contributed by atoms with Crippen LogP contribution >= 0.6 is 12.2 Å². The van der Waals surface area contributed by atoms with Crippen LogP contribution < -0.4 is 25.3 Å². The van der Waals surface area contributed by atoms with Crippen molar-refractivity contribution in [3.8, 4) is 11.5 Å². The van der Waals surface area contributed by atoms with E-state index in [4.69, 9.17) is 21.7 Å². The number of rotatable bonds is 7. The van der Waals surface area contributed by atoms with Gasteiger partial charge < -0.3 is 14.8 Å². The summed E-state index contributed by atoms with van der Waals surface area (Å²) in [5, 5.41) is 6.34. The van der Waals surface area contributed by atoms with Gasteiger partial charge in [0.05, 0.1) is 13.7 Å². The Morgan fingerprint density at radius 3 is 2.90 bits per heavy atom. The summed E-state index contributed by atoms with van der Waals surface area (Å²) in [6.07, 6.45) is 3.51. The second-order valence-electron chi connectivity index (χ2n) is 3.76. The topological polar surface area (TPSA) is 56.5 Å². The molecule has 0 aromatic heterocycles. The van der Waals surface area contributed by atoms with Gasteiger partial charge in [0.15, 0.2) is 17.7 Å². The molecule has 20 heavy (non-hydrogen) atoms. The number of hydrogen-bond acceptors (Lipinski definition) is 3. The Morgan fingerprint density at radius 2 is 2.25 bits per heavy atom. The molecule has 3 N–H and O–H groups in total. The van der Waals surface area contributed by atoms with Crippen molar-refractivity contribution in [2.24, 2.45) is 0 Å². The molecule has 0 aliphatic carbocycles. The normalized spacial score (nSPS) is 10.1. The van der Waals surface area contributed by atoms with Gasteiger partial charge in [0.25, 0.3) is 0 Å². The smallest absolute Gasteiger partial charge is 0.224 e. The van der Waals surface area contributed by atoms with Crippen molar-refractivity contribution in [1.29, 1.82) is 0 Å². The Bertz CT molecular complexity index is 489. The number of thiocarbonyl (C=S) groups is 1. The van der Waals surface area contributed by atoms with Crippen LogP contribution in [0.4, 0.5) is 0 Å². The Labute approximate surface area is 124 Å². The highest BCUT2D eigenvalue weighted by Gasteiger charge is 2.05. The molecule has 0 amide bonds. The van der Waals surface area contributed by atoms with Crippen molar-refractivity contribution >= 4 is 23.5 Å². The lowest BCUT2D eigenvalue weighted by Crippen LogP contribution is -2.82. The lowest BCUT2D eigenvalue weighted by atomic mass is 10.2. The van der Waals surface area contributed by atoms with Crippen LogP contribution in [0.2, 0.25) is 0 Å². The summed E-state index contributed by atoms with van der Waals surface area (Å²) < 4.78 is 10.7. The van der Waals surface area contributed by atoms with Crippen molar-refractivity contribution in [2.75, 3.05) is 20.3 Å². The molecule has 1 aromatic rings. The zero-order valence-electron chi connectivity index (χ0n) is 11.7. The minimum atomic E-state index is 0.499. The molecule has 0 unspecified atom stereocenters. The quantitative estimate of drug-likeness (QED) is 0.289. The minimum Gasteiger partial charge on any atom is -0.493 e. The lowest BCUT2D eigenvalue weighted by molar-refractivity contribution is -0.500. The van der Waals surface area contributed by atoms with Crippen molar-refractivity contribution in [3.63, 3.8) is 0 Å². The Balaban J connectivity index is 2.63. The number of benzene rings is 1. The van der Waals surface area contributed by atoms with E-state index in [1.807, 2.05) is 25.1 Å². The van der Waals surface area contributed by atoms with Crippen molar-refractivity contribution in [2.45, 2.75) is 6.92 Å². The van der Waals surface area contributed by atoms with Gasteiger partial charge in [0.2, 0.25) is 5.11 Å².